The van der Waals surface area contributed by atoms with E-state index in [4.69, 9.17) is 27.9 Å². The third kappa shape index (κ3) is 6.63. The van der Waals surface area contributed by atoms with Gasteiger partial charge in [0.05, 0.1) is 15.6 Å². The summed E-state index contributed by atoms with van der Waals surface area (Å²) in [6.45, 7) is 6.03. The van der Waals surface area contributed by atoms with Crippen molar-refractivity contribution in [1.82, 2.24) is 0 Å². The van der Waals surface area contributed by atoms with Crippen LogP contribution in [-0.4, -0.2) is 20.9 Å². The molecule has 0 radical (unpaired) electrons. The van der Waals surface area contributed by atoms with Crippen molar-refractivity contribution < 1.29 is 17.9 Å². The Morgan fingerprint density at radius 1 is 0.970 bits per heavy atom. The number of para-hydroxylation sites is 1. The lowest BCUT2D eigenvalue weighted by Gasteiger charge is -2.22. The normalized spacial score (nSPS) is 11.7. The highest BCUT2D eigenvalue weighted by Crippen LogP contribution is 2.31. The van der Waals surface area contributed by atoms with Crippen molar-refractivity contribution in [3.8, 4) is 5.75 Å². The minimum absolute atomic E-state index is 0.0156. The quantitative estimate of drug-likeness (QED) is 0.404. The van der Waals surface area contributed by atoms with Crippen LogP contribution in [0.1, 0.15) is 26.3 Å². The van der Waals surface area contributed by atoms with Crippen molar-refractivity contribution in [3.63, 3.8) is 0 Å². The van der Waals surface area contributed by atoms with Gasteiger partial charge in [-0.15, -0.1) is 0 Å². The number of benzene rings is 3. The molecule has 0 aliphatic carbocycles. The van der Waals surface area contributed by atoms with Crippen molar-refractivity contribution in [2.45, 2.75) is 31.1 Å². The van der Waals surface area contributed by atoms with Crippen LogP contribution >= 0.6 is 23.2 Å². The molecule has 0 bridgehead atoms. The van der Waals surface area contributed by atoms with E-state index in [0.29, 0.717) is 16.5 Å². The fourth-order valence-electron chi connectivity index (χ4n) is 3.05. The molecule has 0 spiro atoms. The lowest BCUT2D eigenvalue weighted by molar-refractivity contribution is -0.118. The summed E-state index contributed by atoms with van der Waals surface area (Å²) in [6, 6.07) is 17.8. The third-order valence-corrected chi connectivity index (χ3v) is 6.61. The molecule has 6 nitrogen and oxygen atoms in total. The molecule has 0 aliphatic heterocycles. The van der Waals surface area contributed by atoms with Crippen LogP contribution in [0.3, 0.4) is 0 Å². The zero-order valence-corrected chi connectivity index (χ0v) is 20.7. The van der Waals surface area contributed by atoms with E-state index in [1.54, 1.807) is 0 Å². The predicted octanol–water partition coefficient (Wildman–Crippen LogP) is 6.11. The number of carbonyl (C=O) groups is 1. The van der Waals surface area contributed by atoms with Crippen molar-refractivity contribution in [2.75, 3.05) is 16.6 Å². The molecule has 3 aromatic carbocycles. The lowest BCUT2D eigenvalue weighted by Crippen LogP contribution is -2.22. The van der Waals surface area contributed by atoms with Crippen LogP contribution in [-0.2, 0) is 20.2 Å². The van der Waals surface area contributed by atoms with Gasteiger partial charge in [0, 0.05) is 10.7 Å². The van der Waals surface area contributed by atoms with Gasteiger partial charge in [-0.1, -0.05) is 62.2 Å². The summed E-state index contributed by atoms with van der Waals surface area (Å²) >= 11 is 11.9. The number of ether oxygens (including phenoxy) is 1. The minimum atomic E-state index is -3.87. The summed E-state index contributed by atoms with van der Waals surface area (Å²) in [6.07, 6.45) is 0. The standard InChI is InChI=1S/C24H24Cl2N2O4S/c1-24(2,3)19-6-4-5-7-22(19)32-15-23(29)27-17-9-11-18(12-10-17)33(30,31)28-21-13-8-16(25)14-20(21)26/h4-14,28H,15H2,1-3H3,(H,27,29). The summed E-state index contributed by atoms with van der Waals surface area (Å²) in [5.41, 5.74) is 1.53. The van der Waals surface area contributed by atoms with E-state index in [2.05, 4.69) is 30.8 Å². The number of hydrogen-bond donors (Lipinski definition) is 2. The summed E-state index contributed by atoms with van der Waals surface area (Å²) in [4.78, 5) is 12.4. The molecule has 0 aromatic heterocycles. The van der Waals surface area contributed by atoms with Gasteiger partial charge >= 0.3 is 0 Å². The second-order valence-electron chi connectivity index (χ2n) is 8.34. The van der Waals surface area contributed by atoms with Crippen LogP contribution in [0.15, 0.2) is 71.6 Å². The molecule has 0 saturated carbocycles. The van der Waals surface area contributed by atoms with E-state index >= 15 is 0 Å². The molecule has 174 valence electrons. The van der Waals surface area contributed by atoms with Gasteiger partial charge in [-0.25, -0.2) is 8.42 Å². The first-order valence-electron chi connectivity index (χ1n) is 10.1. The van der Waals surface area contributed by atoms with Gasteiger partial charge in [-0.05, 0) is 59.5 Å². The Kier molecular flexibility index (Phi) is 7.57. The number of amides is 1. The highest BCUT2D eigenvalue weighted by molar-refractivity contribution is 7.92. The molecule has 1 amide bonds. The smallest absolute Gasteiger partial charge is 0.262 e. The fourth-order valence-corrected chi connectivity index (χ4v) is 4.64. The predicted molar refractivity (Wildman–Crippen MR) is 133 cm³/mol. The van der Waals surface area contributed by atoms with Crippen LogP contribution in [0, 0.1) is 0 Å². The first kappa shape index (κ1) is 24.9. The van der Waals surface area contributed by atoms with Gasteiger partial charge in [-0.2, -0.15) is 0 Å². The van der Waals surface area contributed by atoms with E-state index in [1.165, 1.54) is 42.5 Å². The first-order valence-corrected chi connectivity index (χ1v) is 12.3. The van der Waals surface area contributed by atoms with Crippen LogP contribution < -0.4 is 14.8 Å². The molecular weight excluding hydrogens is 483 g/mol. The van der Waals surface area contributed by atoms with Gasteiger partial charge < -0.3 is 10.1 Å². The van der Waals surface area contributed by atoms with Crippen LogP contribution in [0.5, 0.6) is 5.75 Å². The SMILES string of the molecule is CC(C)(C)c1ccccc1OCC(=O)Nc1ccc(S(=O)(=O)Nc2ccc(Cl)cc2Cl)cc1. The third-order valence-electron chi connectivity index (χ3n) is 4.68. The molecule has 0 saturated heterocycles. The Balaban J connectivity index is 1.63. The minimum Gasteiger partial charge on any atom is -0.483 e. The number of nitrogens with one attached hydrogen (secondary N) is 2. The average Bonchev–Trinajstić information content (AvgIpc) is 2.74. The summed E-state index contributed by atoms with van der Waals surface area (Å²) in [5.74, 6) is 0.286. The number of carbonyl (C=O) groups excluding carboxylic acids is 1. The van der Waals surface area contributed by atoms with Gasteiger partial charge in [-0.3, -0.25) is 9.52 Å². The maximum absolute atomic E-state index is 12.6. The Bertz CT molecular complexity index is 1250. The Hall–Kier alpha value is -2.74. The molecule has 2 N–H and O–H groups in total. The van der Waals surface area contributed by atoms with Crippen LogP contribution in [0.25, 0.3) is 0 Å². The second-order valence-corrected chi connectivity index (χ2v) is 10.9. The monoisotopic (exact) mass is 506 g/mol. The average molecular weight is 507 g/mol. The maximum atomic E-state index is 12.6. The van der Waals surface area contributed by atoms with Crippen molar-refractivity contribution in [3.05, 3.63) is 82.3 Å². The number of rotatable bonds is 7. The van der Waals surface area contributed by atoms with Gasteiger partial charge in [0.1, 0.15) is 5.75 Å². The maximum Gasteiger partial charge on any atom is 0.262 e. The van der Waals surface area contributed by atoms with E-state index in [9.17, 15) is 13.2 Å². The van der Waals surface area contributed by atoms with Crippen molar-refractivity contribution in [1.29, 1.82) is 0 Å². The molecule has 0 aliphatic rings. The molecule has 33 heavy (non-hydrogen) atoms. The number of halogens is 2. The molecule has 0 heterocycles. The van der Waals surface area contributed by atoms with Crippen LogP contribution in [0.4, 0.5) is 11.4 Å². The molecule has 9 heteroatoms. The van der Waals surface area contributed by atoms with Gasteiger partial charge in [0.2, 0.25) is 0 Å². The van der Waals surface area contributed by atoms with E-state index < -0.39 is 10.0 Å². The Morgan fingerprint density at radius 2 is 1.64 bits per heavy atom. The Morgan fingerprint density at radius 3 is 2.27 bits per heavy atom. The van der Waals surface area contributed by atoms with Crippen molar-refractivity contribution in [2.24, 2.45) is 0 Å². The zero-order valence-electron chi connectivity index (χ0n) is 18.4. The van der Waals surface area contributed by atoms with E-state index in [1.807, 2.05) is 24.3 Å². The lowest BCUT2D eigenvalue weighted by atomic mass is 9.86. The van der Waals surface area contributed by atoms with Crippen LogP contribution in [0.2, 0.25) is 10.0 Å². The van der Waals surface area contributed by atoms with E-state index in [-0.39, 0.29) is 33.5 Å². The topological polar surface area (TPSA) is 84.5 Å². The molecule has 0 fully saturated rings. The second kappa shape index (κ2) is 10.0. The summed E-state index contributed by atoms with van der Waals surface area (Å²) in [5, 5.41) is 3.28. The number of hydrogen-bond acceptors (Lipinski definition) is 4. The summed E-state index contributed by atoms with van der Waals surface area (Å²) in [7, 11) is -3.87. The fraction of sp³-hybridized carbons (Fsp3) is 0.208. The number of anilines is 2. The molecule has 0 unspecified atom stereocenters. The molecule has 3 rings (SSSR count). The number of sulfonamides is 1. The van der Waals surface area contributed by atoms with Gasteiger partial charge in [0.15, 0.2) is 6.61 Å². The highest BCUT2D eigenvalue weighted by Gasteiger charge is 2.19. The first-order chi connectivity index (χ1) is 15.5. The largest absolute Gasteiger partial charge is 0.483 e. The van der Waals surface area contributed by atoms with Crippen molar-refractivity contribution >= 4 is 50.5 Å². The molecular formula is C24H24Cl2N2O4S. The highest BCUT2D eigenvalue weighted by atomic mass is 35.5. The summed E-state index contributed by atoms with van der Waals surface area (Å²) < 4.78 is 33.4. The van der Waals surface area contributed by atoms with Gasteiger partial charge in [0.25, 0.3) is 15.9 Å². The molecule has 3 aromatic rings. The van der Waals surface area contributed by atoms with E-state index in [0.717, 1.165) is 5.56 Å². The zero-order chi connectivity index (χ0) is 24.2. The Labute approximate surface area is 203 Å². The molecule has 0 atom stereocenters.